The number of carboxylic acids is 1. The number of aliphatic hydroxyl groups excluding tert-OH is 6. The van der Waals surface area contributed by atoms with Crippen molar-refractivity contribution in [1.29, 1.82) is 0 Å². The first-order valence-electron chi connectivity index (χ1n) is 32.2. The van der Waals surface area contributed by atoms with Crippen LogP contribution in [0.25, 0.3) is 11.1 Å². The summed E-state index contributed by atoms with van der Waals surface area (Å²) in [6.45, 7) is 5.83. The van der Waals surface area contributed by atoms with Gasteiger partial charge in [0.05, 0.1) is 31.3 Å². The van der Waals surface area contributed by atoms with Crippen LogP contribution in [0.5, 0.6) is 23.0 Å². The highest BCUT2D eigenvalue weighted by atomic mass is 35.5. The quantitative estimate of drug-likeness (QED) is 0.0720. The van der Waals surface area contributed by atoms with Gasteiger partial charge in [0.25, 0.3) is 0 Å². The molecule has 0 aliphatic carbocycles. The number of nitrogens with one attached hydrogen (secondary N) is 7. The Bertz CT molecular complexity index is 4070. The van der Waals surface area contributed by atoms with Gasteiger partial charge in [0.2, 0.25) is 47.6 Å². The molecule has 5 aromatic carbocycles. The highest BCUT2D eigenvalue weighted by Crippen LogP contribution is 2.46. The summed E-state index contributed by atoms with van der Waals surface area (Å²) >= 11 is 14.4. The van der Waals surface area contributed by atoms with Crippen LogP contribution in [-0.2, 0) is 65.4 Å². The Labute approximate surface area is 586 Å². The maximum atomic E-state index is 16.1. The fourth-order valence-corrected chi connectivity index (χ4v) is 13.7. The number of carbonyl (C=O) groups is 8. The number of rotatable bonds is 13. The number of aliphatic hydroxyl groups is 6. The van der Waals surface area contributed by atoms with E-state index in [1.165, 1.54) is 69.4 Å². The van der Waals surface area contributed by atoms with Crippen molar-refractivity contribution < 1.29 is 108 Å². The lowest BCUT2D eigenvalue weighted by Gasteiger charge is -2.47. The summed E-state index contributed by atoms with van der Waals surface area (Å²) in [5.41, 5.74) is 9.09. The van der Waals surface area contributed by atoms with Gasteiger partial charge in [-0.25, -0.2) is 4.79 Å². The number of halogens is 2. The zero-order chi connectivity index (χ0) is 73.5. The van der Waals surface area contributed by atoms with Gasteiger partial charge in [0, 0.05) is 57.6 Å². The SMILES string of the molecule is CN[C@H](CC(C)C)C(=O)NC1C(=O)N[C@@H](CC(N)=O)C(=O)N[C@H]2C(=O)N[C@H]3C(=O)N[C@H](C(=O)NC(C(=O)O)c4cc(O)cc(O)c4-c4cc3ccc4O)[C@H](O)c3ccc(c(Cl)c3)Cc3cc2cc(c3O[C@H]2OC(CO)[C@@H](O)[C@H](O)C2OC2CC(C)(N)C(O)C(C)O2)Cc2ccc(cc2Cl)[C@H]1O. The van der Waals surface area contributed by atoms with Crippen LogP contribution in [0.15, 0.2) is 78.9 Å². The normalized spacial score (nSPS) is 29.6. The number of hydrogen-bond donors (Lipinski definition) is 19. The van der Waals surface area contributed by atoms with Gasteiger partial charge in [-0.1, -0.05) is 67.4 Å². The predicted octanol–water partition coefficient (Wildman–Crippen LogP) is -0.297. The van der Waals surface area contributed by atoms with Gasteiger partial charge in [-0.05, 0) is 120 Å². The molecule has 21 N–H and O–H groups in total. The first kappa shape index (κ1) is 74.9. The van der Waals surface area contributed by atoms with E-state index in [1.807, 2.05) is 13.8 Å². The number of carbonyl (C=O) groups excluding carboxylic acids is 7. The Morgan fingerprint density at radius 2 is 1.32 bits per heavy atom. The number of benzene rings is 5. The number of aliphatic carboxylic acids is 1. The van der Waals surface area contributed by atoms with Crippen LogP contribution in [0.2, 0.25) is 10.0 Å². The molecule has 7 aliphatic rings. The zero-order valence-electron chi connectivity index (χ0n) is 54.9. The zero-order valence-corrected chi connectivity index (χ0v) is 56.4. The Balaban J connectivity index is 1.24. The molecule has 31 nitrogen and oxygen atoms in total. The van der Waals surface area contributed by atoms with Crippen LogP contribution in [0.4, 0.5) is 0 Å². The van der Waals surface area contributed by atoms with E-state index in [-0.39, 0.29) is 85.5 Å². The Hall–Kier alpha value is -8.80. The molecule has 2 fully saturated rings. The average molecular weight is 1450 g/mol. The van der Waals surface area contributed by atoms with E-state index in [0.717, 1.165) is 30.3 Å². The molecule has 7 aliphatic heterocycles. The molecule has 101 heavy (non-hydrogen) atoms. The molecule has 0 radical (unpaired) electrons. The standard InChI is InChI=1S/C68H79Cl2N9O22/c1-25(2)12-40(73-5)60(90)78-51-53(85)30-8-6-27(38(69)18-30)13-33-15-32-16-34(57(33)101-67-58(56(88)55(87)44(24-80)99-67)100-46-23-68(4,72)59(89)26(3)98-46)14-28-7-9-31(19-39(28)70)54(86)52-65(95)77-50(66(96)97)37-20-35(81)21-43(83)47(37)36-17-29(10-11-42(36)82)48(62(92)79-52)76-63(93)49(32)75-61(91)41(22-45(71)84)74-64(51)94/h6-11,15-21,25-26,40-41,44,46,48-56,58-59,67,73,80-83,85-89H,12-14,22-24,72H2,1-5H3,(H2,71,84)(H,74,94)(H,75,91)(H,76,93)(H,77,95)(H,78,90)(H,79,92)(H,96,97)/t26?,40-,41+,44?,46?,48-,49-,50?,51?,52+,53-,54-,55-,56+,58?,59?,67-,68?/m1/s1. The summed E-state index contributed by atoms with van der Waals surface area (Å²) in [6.07, 6.45) is -18.4. The fourth-order valence-electron chi connectivity index (χ4n) is 13.2. The first-order chi connectivity index (χ1) is 47.7. The summed E-state index contributed by atoms with van der Waals surface area (Å²) in [6, 6.07) is 1.69. The molecule has 8 unspecified atom stereocenters. The molecule has 18 atom stereocenters. The summed E-state index contributed by atoms with van der Waals surface area (Å²) in [4.78, 5) is 117. The molecular formula is C68H79Cl2N9O22. The van der Waals surface area contributed by atoms with E-state index >= 15 is 14.4 Å². The number of fused-ring (bicyclic) bond motifs is 15. The van der Waals surface area contributed by atoms with Crippen LogP contribution in [0.1, 0.15) is 127 Å². The summed E-state index contributed by atoms with van der Waals surface area (Å²) in [7, 11) is 1.49. The number of phenolic OH excluding ortho intramolecular Hbond substituents is 3. The van der Waals surface area contributed by atoms with Gasteiger partial charge in [-0.2, -0.15) is 0 Å². The smallest absolute Gasteiger partial charge is 0.330 e. The van der Waals surface area contributed by atoms with E-state index in [1.54, 1.807) is 0 Å². The third-order valence-electron chi connectivity index (χ3n) is 18.6. The van der Waals surface area contributed by atoms with Crippen LogP contribution in [0, 0.1) is 5.92 Å². The van der Waals surface area contributed by atoms with E-state index < -0.39 is 210 Å². The third-order valence-corrected chi connectivity index (χ3v) is 19.3. The Kier molecular flexibility index (Phi) is 22.5. The molecule has 5 aromatic rings. The summed E-state index contributed by atoms with van der Waals surface area (Å²) in [5, 5.41) is 132. The van der Waals surface area contributed by atoms with Gasteiger partial charge >= 0.3 is 5.97 Å². The minimum atomic E-state index is -2.24. The molecule has 33 heteroatoms. The molecule has 11 bridgehead atoms. The van der Waals surface area contributed by atoms with Crippen molar-refractivity contribution in [3.8, 4) is 34.1 Å². The van der Waals surface area contributed by atoms with Gasteiger partial charge in [-0.3, -0.25) is 33.6 Å². The number of likely N-dealkylation sites (N-methyl/N-ethyl adjacent to an activating group) is 1. The average Bonchev–Trinajstić information content (AvgIpc) is 0.775. The van der Waals surface area contributed by atoms with E-state index in [0.29, 0.717) is 0 Å². The number of hydrogen-bond acceptors (Lipinski definition) is 23. The van der Waals surface area contributed by atoms with E-state index in [4.69, 9.17) is 53.6 Å². The first-order valence-corrected chi connectivity index (χ1v) is 33.0. The molecule has 7 amide bonds. The van der Waals surface area contributed by atoms with Crippen molar-refractivity contribution in [1.82, 2.24) is 37.2 Å². The fraction of sp³-hybridized carbons (Fsp3) is 0.441. The van der Waals surface area contributed by atoms with E-state index in [2.05, 4.69) is 37.2 Å². The minimum absolute atomic E-state index is 0.00109. The minimum Gasteiger partial charge on any atom is -0.508 e. The predicted molar refractivity (Wildman–Crippen MR) is 355 cm³/mol. The number of carboxylic acid groups (broad SMARTS) is 1. The number of primary amides is 1. The second-order valence-corrected chi connectivity index (χ2v) is 27.3. The Morgan fingerprint density at radius 3 is 1.90 bits per heavy atom. The number of aromatic hydroxyl groups is 3. The highest BCUT2D eigenvalue weighted by molar-refractivity contribution is 6.31. The lowest BCUT2D eigenvalue weighted by atomic mass is 9.86. The van der Waals surface area contributed by atoms with Crippen molar-refractivity contribution in [3.05, 3.63) is 139 Å². The van der Waals surface area contributed by atoms with Crippen molar-refractivity contribution in [2.75, 3.05) is 13.7 Å². The topological polar surface area (TPSA) is 512 Å². The molecular weight excluding hydrogens is 1370 g/mol. The lowest BCUT2D eigenvalue weighted by molar-refractivity contribution is -0.333. The van der Waals surface area contributed by atoms with Crippen molar-refractivity contribution in [3.63, 3.8) is 0 Å². The second kappa shape index (κ2) is 30.4. The van der Waals surface area contributed by atoms with Crippen LogP contribution >= 0.6 is 23.2 Å². The van der Waals surface area contributed by atoms with Crippen molar-refractivity contribution in [2.24, 2.45) is 17.4 Å². The van der Waals surface area contributed by atoms with Crippen LogP contribution in [0.3, 0.4) is 0 Å². The Morgan fingerprint density at radius 1 is 0.713 bits per heavy atom. The molecule has 0 aromatic heterocycles. The third kappa shape index (κ3) is 16.0. The van der Waals surface area contributed by atoms with Gasteiger partial charge < -0.3 is 119 Å². The summed E-state index contributed by atoms with van der Waals surface area (Å²) < 4.78 is 25.6. The van der Waals surface area contributed by atoms with Gasteiger partial charge in [0.1, 0.15) is 83.7 Å². The lowest BCUT2D eigenvalue weighted by Crippen LogP contribution is -2.64. The number of amides is 7. The van der Waals surface area contributed by atoms with Crippen LogP contribution < -0.4 is 53.4 Å². The molecule has 542 valence electrons. The van der Waals surface area contributed by atoms with E-state index in [9.17, 15) is 75.0 Å². The van der Waals surface area contributed by atoms with Gasteiger partial charge in [0.15, 0.2) is 18.4 Å². The largest absolute Gasteiger partial charge is 0.508 e. The maximum Gasteiger partial charge on any atom is 0.330 e. The molecule has 0 spiro atoms. The monoisotopic (exact) mass is 1440 g/mol. The molecule has 7 heterocycles. The number of nitrogens with two attached hydrogens (primary N) is 2. The maximum absolute atomic E-state index is 16.1. The molecule has 2 saturated heterocycles. The molecule has 12 rings (SSSR count). The highest BCUT2D eigenvalue weighted by Gasteiger charge is 2.51. The van der Waals surface area contributed by atoms with Crippen molar-refractivity contribution in [2.45, 2.75) is 169 Å². The van der Waals surface area contributed by atoms with Gasteiger partial charge in [-0.15, -0.1) is 0 Å². The second-order valence-electron chi connectivity index (χ2n) is 26.5. The van der Waals surface area contributed by atoms with Crippen molar-refractivity contribution >= 4 is 70.5 Å². The number of phenols is 3. The number of ether oxygens (including phenoxy) is 4. The molecule has 0 saturated carbocycles. The van der Waals surface area contributed by atoms with Crippen LogP contribution in [-0.4, -0.2) is 191 Å². The summed E-state index contributed by atoms with van der Waals surface area (Å²) in [5.74, 6) is -13.0.